The lowest BCUT2D eigenvalue weighted by Gasteiger charge is -2.31. The summed E-state index contributed by atoms with van der Waals surface area (Å²) in [5.74, 6) is 0. The molecule has 0 radical (unpaired) electrons. The first-order valence-electron chi connectivity index (χ1n) is 15.0. The van der Waals surface area contributed by atoms with Gasteiger partial charge in [-0.05, 0) is 112 Å². The molecule has 2 fully saturated rings. The van der Waals surface area contributed by atoms with Crippen LogP contribution in [-0.4, -0.2) is 54.1 Å². The van der Waals surface area contributed by atoms with Crippen molar-refractivity contribution in [2.45, 2.75) is 39.8 Å². The molecule has 2 atom stereocenters. The maximum absolute atomic E-state index is 6.02. The van der Waals surface area contributed by atoms with Gasteiger partial charge in [-0.25, -0.2) is 0 Å². The number of benzene rings is 2. The number of nitrogens with one attached hydrogen (secondary N) is 1. The number of ether oxygens (including phenoxy) is 1. The molecule has 2 aliphatic rings. The van der Waals surface area contributed by atoms with Gasteiger partial charge in [0, 0.05) is 66.5 Å². The molecule has 2 aromatic carbocycles. The summed E-state index contributed by atoms with van der Waals surface area (Å²) >= 11 is 6.02. The highest BCUT2D eigenvalue weighted by Gasteiger charge is 2.42. The molecule has 0 amide bonds. The molecule has 2 aromatic heterocycles. The highest BCUT2D eigenvalue weighted by molar-refractivity contribution is 7.80. The average Bonchev–Trinajstić information content (AvgIpc) is 3.53. The fourth-order valence-electron chi connectivity index (χ4n) is 6.48. The number of hydrogen-bond donors (Lipinski definition) is 1. The van der Waals surface area contributed by atoms with E-state index in [0.29, 0.717) is 5.11 Å². The summed E-state index contributed by atoms with van der Waals surface area (Å²) < 4.78 is 7.91. The van der Waals surface area contributed by atoms with Crippen molar-refractivity contribution in [1.82, 2.24) is 14.9 Å². The first kappa shape index (κ1) is 28.2. The summed E-state index contributed by atoms with van der Waals surface area (Å²) in [6.07, 6.45) is 1.86. The van der Waals surface area contributed by atoms with E-state index in [9.17, 15) is 0 Å². The van der Waals surface area contributed by atoms with E-state index in [4.69, 9.17) is 21.9 Å². The lowest BCUT2D eigenvalue weighted by atomic mass is 9.96. The predicted molar refractivity (Wildman–Crippen MR) is 176 cm³/mol. The second-order valence-electron chi connectivity index (χ2n) is 11.0. The second-order valence-corrected chi connectivity index (χ2v) is 11.3. The van der Waals surface area contributed by atoms with Crippen LogP contribution in [0.3, 0.4) is 0 Å². The summed E-state index contributed by atoms with van der Waals surface area (Å²) in [5, 5.41) is 4.34. The van der Waals surface area contributed by atoms with Crippen LogP contribution in [0.4, 0.5) is 17.1 Å². The van der Waals surface area contributed by atoms with Gasteiger partial charge in [0.05, 0.1) is 31.0 Å². The smallest absolute Gasteiger partial charge is 0.174 e. The fourth-order valence-corrected chi connectivity index (χ4v) is 6.83. The summed E-state index contributed by atoms with van der Waals surface area (Å²) in [6.45, 7) is 14.2. The number of rotatable bonds is 8. The molecule has 0 bridgehead atoms. The Morgan fingerprint density at radius 3 is 2.21 bits per heavy atom. The van der Waals surface area contributed by atoms with Crippen molar-refractivity contribution in [3.8, 4) is 5.69 Å². The van der Waals surface area contributed by atoms with Crippen LogP contribution < -0.4 is 20.0 Å². The van der Waals surface area contributed by atoms with Crippen LogP contribution in [0.2, 0.25) is 0 Å². The van der Waals surface area contributed by atoms with Crippen LogP contribution in [0.5, 0.6) is 0 Å². The van der Waals surface area contributed by atoms with E-state index in [1.54, 1.807) is 0 Å². The number of anilines is 3. The largest absolute Gasteiger partial charge is 0.378 e. The summed E-state index contributed by atoms with van der Waals surface area (Å²) in [5.41, 5.74) is 9.31. The number of morpholine rings is 1. The van der Waals surface area contributed by atoms with Crippen LogP contribution in [-0.2, 0) is 4.74 Å². The van der Waals surface area contributed by atoms with Crippen LogP contribution in [0, 0.1) is 13.8 Å². The lowest BCUT2D eigenvalue weighted by Crippen LogP contribution is -2.36. The Bertz CT molecular complexity index is 1510. The normalized spacial score (nSPS) is 18.8. The Labute approximate surface area is 254 Å². The van der Waals surface area contributed by atoms with Gasteiger partial charge in [-0.3, -0.25) is 4.98 Å². The number of pyridine rings is 1. The van der Waals surface area contributed by atoms with E-state index in [-0.39, 0.29) is 12.1 Å². The van der Waals surface area contributed by atoms with Crippen molar-refractivity contribution < 1.29 is 4.74 Å². The number of aromatic nitrogens is 2. The third kappa shape index (κ3) is 5.25. The molecule has 7 nitrogen and oxygen atoms in total. The Kier molecular flexibility index (Phi) is 8.18. The van der Waals surface area contributed by atoms with E-state index in [2.05, 4.69) is 113 Å². The summed E-state index contributed by atoms with van der Waals surface area (Å²) in [7, 11) is 0. The number of aryl methyl sites for hydroxylation is 1. The van der Waals surface area contributed by atoms with Crippen molar-refractivity contribution >= 4 is 34.4 Å². The molecule has 4 heterocycles. The van der Waals surface area contributed by atoms with Crippen LogP contribution in [0.25, 0.3) is 5.69 Å². The average molecular weight is 581 g/mol. The first-order valence-corrected chi connectivity index (χ1v) is 15.4. The quantitative estimate of drug-likeness (QED) is 0.244. The van der Waals surface area contributed by atoms with Gasteiger partial charge in [0.1, 0.15) is 0 Å². The number of hydrogen-bond acceptors (Lipinski definition) is 5. The molecule has 42 heavy (non-hydrogen) atoms. The molecule has 8 heteroatoms. The zero-order valence-corrected chi connectivity index (χ0v) is 25.8. The minimum Gasteiger partial charge on any atom is -0.378 e. The van der Waals surface area contributed by atoms with E-state index >= 15 is 0 Å². The van der Waals surface area contributed by atoms with E-state index in [1.165, 1.54) is 28.3 Å². The molecule has 6 rings (SSSR count). The molecule has 0 aliphatic carbocycles. The molecule has 2 aliphatic heterocycles. The van der Waals surface area contributed by atoms with Gasteiger partial charge in [-0.1, -0.05) is 6.07 Å². The SMILES string of the molecule is CCN(CC)c1ccc(-n2c(C)cc([C@H]3[C@H](c4ccccn4)NC(=S)N3c3ccc(N4CCOCC4)cc3)c2C)cc1. The van der Waals surface area contributed by atoms with Gasteiger partial charge in [-0.2, -0.15) is 0 Å². The summed E-state index contributed by atoms with van der Waals surface area (Å²) in [4.78, 5) is 11.8. The predicted octanol–water partition coefficient (Wildman–Crippen LogP) is 6.35. The molecule has 4 aromatic rings. The minimum atomic E-state index is -0.0865. The molecule has 1 N–H and O–H groups in total. The Balaban J connectivity index is 1.39. The molecule has 2 saturated heterocycles. The minimum absolute atomic E-state index is 0.0588. The van der Waals surface area contributed by atoms with Crippen LogP contribution in [0.1, 0.15) is 48.6 Å². The van der Waals surface area contributed by atoms with Gasteiger partial charge in [0.15, 0.2) is 5.11 Å². The standard InChI is InChI=1S/C34H40N6OS/c1-5-37(6-2)26-10-14-28(15-11-26)39-24(3)23-30(25(39)4)33-32(31-9-7-8-18-35-31)36-34(42)40(33)29-16-12-27(13-17-29)38-19-21-41-22-20-38/h7-18,23,32-33H,5-6,19-22H2,1-4H3,(H,36,42)/t32-,33-/m0/s1. The topological polar surface area (TPSA) is 48.8 Å². The van der Waals surface area contributed by atoms with Crippen LogP contribution in [0.15, 0.2) is 79.0 Å². The first-order chi connectivity index (χ1) is 20.5. The van der Waals surface area contributed by atoms with Crippen molar-refractivity contribution in [1.29, 1.82) is 0 Å². The maximum Gasteiger partial charge on any atom is 0.174 e. The van der Waals surface area contributed by atoms with Gasteiger partial charge in [0.25, 0.3) is 0 Å². The van der Waals surface area contributed by atoms with Crippen molar-refractivity contribution in [3.05, 3.63) is 102 Å². The highest BCUT2D eigenvalue weighted by atomic mass is 32.1. The lowest BCUT2D eigenvalue weighted by molar-refractivity contribution is 0.122. The fraction of sp³-hybridized carbons (Fsp3) is 0.353. The van der Waals surface area contributed by atoms with E-state index in [0.717, 1.165) is 56.5 Å². The molecule has 0 unspecified atom stereocenters. The molecule has 0 saturated carbocycles. The molecular formula is C34H40N6OS. The molecule has 218 valence electrons. The number of thiocarbonyl (C=S) groups is 1. The van der Waals surface area contributed by atoms with Gasteiger partial charge in [-0.15, -0.1) is 0 Å². The zero-order chi connectivity index (χ0) is 29.2. The Morgan fingerprint density at radius 1 is 0.905 bits per heavy atom. The van der Waals surface area contributed by atoms with Crippen molar-refractivity contribution in [3.63, 3.8) is 0 Å². The number of nitrogens with zero attached hydrogens (tertiary/aromatic N) is 5. The third-order valence-corrected chi connectivity index (χ3v) is 8.94. The molecular weight excluding hydrogens is 540 g/mol. The maximum atomic E-state index is 6.02. The van der Waals surface area contributed by atoms with Crippen LogP contribution >= 0.6 is 12.2 Å². The van der Waals surface area contributed by atoms with Gasteiger partial charge >= 0.3 is 0 Å². The molecule has 0 spiro atoms. The summed E-state index contributed by atoms with van der Waals surface area (Å²) in [6, 6.07) is 26.0. The Hall–Kier alpha value is -3.88. The van der Waals surface area contributed by atoms with Crippen molar-refractivity contribution in [2.24, 2.45) is 0 Å². The van der Waals surface area contributed by atoms with Gasteiger partial charge < -0.3 is 29.3 Å². The Morgan fingerprint density at radius 2 is 1.57 bits per heavy atom. The van der Waals surface area contributed by atoms with Gasteiger partial charge in [0.2, 0.25) is 0 Å². The van der Waals surface area contributed by atoms with Crippen molar-refractivity contribution in [2.75, 3.05) is 54.1 Å². The van der Waals surface area contributed by atoms with E-state index < -0.39 is 0 Å². The van der Waals surface area contributed by atoms with E-state index in [1.807, 2.05) is 18.3 Å². The third-order valence-electron chi connectivity index (χ3n) is 8.63. The highest BCUT2D eigenvalue weighted by Crippen LogP contribution is 2.44. The second kappa shape index (κ2) is 12.2. The zero-order valence-electron chi connectivity index (χ0n) is 25.0. The monoisotopic (exact) mass is 580 g/mol.